The van der Waals surface area contributed by atoms with Crippen molar-refractivity contribution in [3.63, 3.8) is 0 Å². The van der Waals surface area contributed by atoms with Gasteiger partial charge >= 0.3 is 5.97 Å². The minimum absolute atomic E-state index is 0.0727. The molecule has 1 aromatic rings. The van der Waals surface area contributed by atoms with E-state index in [1.807, 2.05) is 34.6 Å². The number of H-pyrrole nitrogens is 1. The lowest BCUT2D eigenvalue weighted by molar-refractivity contribution is -0.147. The number of aromatic nitrogens is 1. The third-order valence-corrected chi connectivity index (χ3v) is 9.11. The molecule has 1 aromatic heterocycles. The van der Waals surface area contributed by atoms with Gasteiger partial charge in [0.2, 0.25) is 5.91 Å². The van der Waals surface area contributed by atoms with Crippen molar-refractivity contribution >= 4 is 23.5 Å². The molecule has 1 saturated carbocycles. The fourth-order valence-corrected chi connectivity index (χ4v) is 6.77. The number of hydrogen-bond acceptors (Lipinski definition) is 4. The number of esters is 1. The van der Waals surface area contributed by atoms with Crippen LogP contribution in [-0.4, -0.2) is 29.3 Å². The van der Waals surface area contributed by atoms with Crippen molar-refractivity contribution in [3.8, 4) is 0 Å². The third-order valence-electron chi connectivity index (χ3n) is 9.11. The molecule has 1 heterocycles. The van der Waals surface area contributed by atoms with Gasteiger partial charge in [0.25, 0.3) is 0 Å². The van der Waals surface area contributed by atoms with Crippen molar-refractivity contribution in [2.75, 3.05) is 11.9 Å². The van der Waals surface area contributed by atoms with Crippen LogP contribution in [0.1, 0.15) is 135 Å². The Balaban J connectivity index is 2.28. The number of aryl methyl sites for hydroxylation is 1. The lowest BCUT2D eigenvalue weighted by atomic mass is 9.67. The second-order valence-electron chi connectivity index (χ2n) is 12.8. The van der Waals surface area contributed by atoms with Crippen molar-refractivity contribution in [3.05, 3.63) is 16.8 Å². The van der Waals surface area contributed by atoms with E-state index in [-0.39, 0.29) is 29.5 Å². The van der Waals surface area contributed by atoms with Crippen LogP contribution in [0.2, 0.25) is 0 Å². The molecule has 38 heavy (non-hydrogen) atoms. The zero-order valence-corrected chi connectivity index (χ0v) is 25.8. The Hall–Kier alpha value is -2.11. The number of anilines is 1. The van der Waals surface area contributed by atoms with Crippen LogP contribution in [0.25, 0.3) is 0 Å². The molecule has 1 amide bonds. The fourth-order valence-electron chi connectivity index (χ4n) is 6.77. The largest absolute Gasteiger partial charge is 0.465 e. The molecule has 216 valence electrons. The van der Waals surface area contributed by atoms with Gasteiger partial charge in [-0.05, 0) is 80.6 Å². The molecular formula is C32H54N2O4. The summed E-state index contributed by atoms with van der Waals surface area (Å²) in [6.45, 7) is 21.1. The molecule has 0 aromatic carbocycles. The monoisotopic (exact) mass is 530 g/mol. The van der Waals surface area contributed by atoms with Crippen LogP contribution in [0.15, 0.2) is 0 Å². The molecular weight excluding hydrogens is 476 g/mol. The Labute approximate surface area is 231 Å². The molecule has 2 rings (SSSR count). The van der Waals surface area contributed by atoms with Crippen molar-refractivity contribution < 1.29 is 19.1 Å². The third kappa shape index (κ3) is 7.51. The average molecular weight is 531 g/mol. The number of Topliss-reactive ketones (excluding diaryl/α,β-unsaturated/α-hetero) is 1. The van der Waals surface area contributed by atoms with Gasteiger partial charge in [-0.15, -0.1) is 0 Å². The van der Waals surface area contributed by atoms with E-state index < -0.39 is 5.41 Å². The molecule has 6 heteroatoms. The van der Waals surface area contributed by atoms with E-state index in [4.69, 9.17) is 4.74 Å². The zero-order valence-electron chi connectivity index (χ0n) is 25.8. The van der Waals surface area contributed by atoms with Gasteiger partial charge in [0.05, 0.1) is 18.1 Å². The predicted molar refractivity (Wildman–Crippen MR) is 155 cm³/mol. The summed E-state index contributed by atoms with van der Waals surface area (Å²) in [6, 6.07) is 0. The Kier molecular flexibility index (Phi) is 11.7. The van der Waals surface area contributed by atoms with E-state index in [0.29, 0.717) is 73.8 Å². The normalized spacial score (nSPS) is 22.1. The molecule has 0 bridgehead atoms. The maximum absolute atomic E-state index is 13.9. The Morgan fingerprint density at radius 2 is 1.61 bits per heavy atom. The van der Waals surface area contributed by atoms with Crippen molar-refractivity contribution in [1.29, 1.82) is 0 Å². The van der Waals surface area contributed by atoms with Crippen LogP contribution in [-0.2, 0) is 14.3 Å². The molecule has 6 nitrogen and oxygen atoms in total. The van der Waals surface area contributed by atoms with Crippen molar-refractivity contribution in [1.82, 2.24) is 4.98 Å². The van der Waals surface area contributed by atoms with Gasteiger partial charge in [-0.25, -0.2) is 0 Å². The van der Waals surface area contributed by atoms with Crippen molar-refractivity contribution in [2.45, 2.75) is 120 Å². The highest BCUT2D eigenvalue weighted by atomic mass is 16.5. The van der Waals surface area contributed by atoms with Crippen molar-refractivity contribution in [2.24, 2.45) is 35.0 Å². The Bertz CT molecular complexity index is 945. The molecule has 1 aliphatic carbocycles. The predicted octanol–water partition coefficient (Wildman–Crippen LogP) is 8.06. The SMILES string of the molecule is CCC(CC)(CCCOC(=O)C(C)C)C(=O)Nc1[nH]c(C)c(C(C)C)c1C(=O)CC1C(C)CC(C)CC1C. The van der Waals surface area contributed by atoms with Gasteiger partial charge in [0.15, 0.2) is 5.78 Å². The first kappa shape index (κ1) is 32.1. The molecule has 2 atom stereocenters. The molecule has 2 N–H and O–H groups in total. The second-order valence-corrected chi connectivity index (χ2v) is 12.8. The van der Waals surface area contributed by atoms with Gasteiger partial charge in [-0.2, -0.15) is 0 Å². The lowest BCUT2D eigenvalue weighted by Gasteiger charge is -2.37. The van der Waals surface area contributed by atoms with E-state index in [1.54, 1.807) is 0 Å². The van der Waals surface area contributed by atoms with Gasteiger partial charge in [-0.1, -0.05) is 62.3 Å². The number of ketones is 1. The van der Waals surface area contributed by atoms with Crippen LogP contribution in [0, 0.1) is 41.9 Å². The standard InChI is InChI=1S/C32H54N2O4/c1-11-32(12-2,14-13-15-38-30(36)20(5)6)31(37)34-29-28(27(19(3)4)24(10)33-29)26(35)18-25-22(8)16-21(7)17-23(25)9/h19-23,25,33H,11-18H2,1-10H3,(H,34,37). The van der Waals surface area contributed by atoms with Gasteiger partial charge in [-0.3, -0.25) is 14.4 Å². The van der Waals surface area contributed by atoms with E-state index in [1.165, 1.54) is 0 Å². The van der Waals surface area contributed by atoms with Crippen LogP contribution in [0.3, 0.4) is 0 Å². The lowest BCUT2D eigenvalue weighted by Crippen LogP contribution is -2.36. The highest BCUT2D eigenvalue weighted by Gasteiger charge is 2.38. The van der Waals surface area contributed by atoms with Crippen LogP contribution >= 0.6 is 0 Å². The quantitative estimate of drug-likeness (QED) is 0.153. The summed E-state index contributed by atoms with van der Waals surface area (Å²) in [5.74, 6) is 2.47. The summed E-state index contributed by atoms with van der Waals surface area (Å²) in [4.78, 5) is 42.9. The number of nitrogens with one attached hydrogen (secondary N) is 2. The topological polar surface area (TPSA) is 88.3 Å². The number of ether oxygens (including phenoxy) is 1. The van der Waals surface area contributed by atoms with Gasteiger partial charge in [0, 0.05) is 17.5 Å². The zero-order chi connectivity index (χ0) is 28.8. The smallest absolute Gasteiger partial charge is 0.308 e. The minimum atomic E-state index is -0.593. The summed E-state index contributed by atoms with van der Waals surface area (Å²) in [5, 5.41) is 3.16. The number of carbonyl (C=O) groups is 3. The van der Waals surface area contributed by atoms with E-state index in [9.17, 15) is 14.4 Å². The molecule has 1 aliphatic rings. The highest BCUT2D eigenvalue weighted by molar-refractivity contribution is 6.06. The van der Waals surface area contributed by atoms with Crippen LogP contribution < -0.4 is 5.32 Å². The number of hydrogen-bond donors (Lipinski definition) is 2. The molecule has 2 unspecified atom stereocenters. The summed E-state index contributed by atoms with van der Waals surface area (Å²) in [6.07, 6.45) is 5.42. The molecule has 0 saturated heterocycles. The first-order valence-electron chi connectivity index (χ1n) is 15.0. The molecule has 0 radical (unpaired) electrons. The summed E-state index contributed by atoms with van der Waals surface area (Å²) in [5.41, 5.74) is 2.02. The number of aromatic amines is 1. The first-order valence-corrected chi connectivity index (χ1v) is 15.0. The van der Waals surface area contributed by atoms with E-state index in [2.05, 4.69) is 44.9 Å². The molecule has 1 fully saturated rings. The van der Waals surface area contributed by atoms with Crippen LogP contribution in [0.4, 0.5) is 5.82 Å². The van der Waals surface area contributed by atoms with E-state index >= 15 is 0 Å². The first-order chi connectivity index (χ1) is 17.8. The highest BCUT2D eigenvalue weighted by Crippen LogP contribution is 2.42. The van der Waals surface area contributed by atoms with Gasteiger partial charge in [0.1, 0.15) is 5.82 Å². The summed E-state index contributed by atoms with van der Waals surface area (Å²) in [7, 11) is 0. The molecule has 0 aliphatic heterocycles. The fraction of sp³-hybridized carbons (Fsp3) is 0.781. The molecule has 0 spiro atoms. The summed E-state index contributed by atoms with van der Waals surface area (Å²) >= 11 is 0. The summed E-state index contributed by atoms with van der Waals surface area (Å²) < 4.78 is 5.36. The Morgan fingerprint density at radius 1 is 1.03 bits per heavy atom. The van der Waals surface area contributed by atoms with E-state index in [0.717, 1.165) is 24.1 Å². The number of carbonyl (C=O) groups excluding carboxylic acids is 3. The Morgan fingerprint density at radius 3 is 2.11 bits per heavy atom. The minimum Gasteiger partial charge on any atom is -0.465 e. The maximum atomic E-state index is 13.9. The van der Waals surface area contributed by atoms with Gasteiger partial charge < -0.3 is 15.0 Å². The average Bonchev–Trinajstić information content (AvgIpc) is 3.17. The maximum Gasteiger partial charge on any atom is 0.308 e. The second kappa shape index (κ2) is 13.8. The number of amides is 1. The number of rotatable bonds is 13. The van der Waals surface area contributed by atoms with Crippen LogP contribution in [0.5, 0.6) is 0 Å².